The lowest BCUT2D eigenvalue weighted by molar-refractivity contribution is -0.117. The van der Waals surface area contributed by atoms with Crippen LogP contribution in [0.2, 0.25) is 5.02 Å². The maximum atomic E-state index is 11.8. The molecule has 0 atom stereocenters. The number of rotatable bonds is 8. The minimum absolute atomic E-state index is 0.0860. The van der Waals surface area contributed by atoms with E-state index < -0.39 is 5.91 Å². The number of benzene rings is 1. The second kappa shape index (κ2) is 9.56. The highest BCUT2D eigenvalue weighted by Crippen LogP contribution is 2.35. The lowest BCUT2D eigenvalue weighted by Gasteiger charge is -2.12. The maximum Gasteiger partial charge on any atom is 0.263 e. The van der Waals surface area contributed by atoms with E-state index in [1.54, 1.807) is 12.1 Å². The molecule has 0 aromatic heterocycles. The van der Waals surface area contributed by atoms with Crippen molar-refractivity contribution < 1.29 is 19.0 Å². The van der Waals surface area contributed by atoms with E-state index in [0.717, 1.165) is 0 Å². The molecule has 124 valence electrons. The monoisotopic (exact) mass is 339 g/mol. The van der Waals surface area contributed by atoms with Crippen molar-refractivity contribution in [3.63, 3.8) is 0 Å². The van der Waals surface area contributed by atoms with Gasteiger partial charge in [0, 0.05) is 32.0 Å². The Balaban J connectivity index is 2.92. The number of anilines is 1. The van der Waals surface area contributed by atoms with E-state index in [2.05, 4.69) is 10.6 Å². The SMILES string of the molecule is COCCNC(=O)/C(C#N)=C\Nc1cc(OC)c(Cl)cc1OC. The van der Waals surface area contributed by atoms with Crippen LogP contribution in [0, 0.1) is 11.3 Å². The first kappa shape index (κ1) is 18.6. The summed E-state index contributed by atoms with van der Waals surface area (Å²) in [4.78, 5) is 11.8. The molecule has 0 radical (unpaired) electrons. The van der Waals surface area contributed by atoms with Gasteiger partial charge in [-0.3, -0.25) is 4.79 Å². The van der Waals surface area contributed by atoms with Crippen molar-refractivity contribution in [2.75, 3.05) is 39.8 Å². The average Bonchev–Trinajstić information content (AvgIpc) is 2.56. The largest absolute Gasteiger partial charge is 0.495 e. The van der Waals surface area contributed by atoms with Gasteiger partial charge in [0.15, 0.2) is 0 Å². The first-order chi connectivity index (χ1) is 11.1. The van der Waals surface area contributed by atoms with Crippen LogP contribution in [0.25, 0.3) is 0 Å². The van der Waals surface area contributed by atoms with Gasteiger partial charge in [-0.25, -0.2) is 0 Å². The summed E-state index contributed by atoms with van der Waals surface area (Å²) in [6.07, 6.45) is 1.29. The molecule has 0 spiro atoms. The summed E-state index contributed by atoms with van der Waals surface area (Å²) in [5.74, 6) is 0.382. The van der Waals surface area contributed by atoms with E-state index in [-0.39, 0.29) is 5.57 Å². The number of nitriles is 1. The lowest BCUT2D eigenvalue weighted by Crippen LogP contribution is -2.28. The summed E-state index contributed by atoms with van der Waals surface area (Å²) < 4.78 is 15.2. The Morgan fingerprint density at radius 1 is 1.30 bits per heavy atom. The normalized spacial score (nSPS) is 10.7. The number of nitrogens with zero attached hydrogens (tertiary/aromatic N) is 1. The topological polar surface area (TPSA) is 92.6 Å². The highest BCUT2D eigenvalue weighted by molar-refractivity contribution is 6.32. The second-order valence-corrected chi connectivity index (χ2v) is 4.66. The van der Waals surface area contributed by atoms with Crippen LogP contribution in [0.3, 0.4) is 0 Å². The summed E-state index contributed by atoms with van der Waals surface area (Å²) >= 11 is 6.02. The van der Waals surface area contributed by atoms with Crippen molar-refractivity contribution in [3.05, 3.63) is 28.9 Å². The van der Waals surface area contributed by atoms with Crippen LogP contribution in [0.1, 0.15) is 0 Å². The minimum atomic E-state index is -0.503. The Morgan fingerprint density at radius 3 is 2.57 bits per heavy atom. The summed E-state index contributed by atoms with van der Waals surface area (Å²) in [6.45, 7) is 0.673. The van der Waals surface area contributed by atoms with E-state index in [1.807, 2.05) is 6.07 Å². The third-order valence-electron chi connectivity index (χ3n) is 2.80. The van der Waals surface area contributed by atoms with Crippen LogP contribution in [0.4, 0.5) is 5.69 Å². The van der Waals surface area contributed by atoms with Gasteiger partial charge in [-0.2, -0.15) is 5.26 Å². The number of hydrogen-bond donors (Lipinski definition) is 2. The fraction of sp³-hybridized carbons (Fsp3) is 0.333. The number of methoxy groups -OCH3 is 3. The quantitative estimate of drug-likeness (QED) is 0.427. The Bertz CT molecular complexity index is 626. The van der Waals surface area contributed by atoms with E-state index >= 15 is 0 Å². The first-order valence-corrected chi connectivity index (χ1v) is 7.00. The van der Waals surface area contributed by atoms with Crippen molar-refractivity contribution in [1.29, 1.82) is 5.26 Å². The van der Waals surface area contributed by atoms with Crippen molar-refractivity contribution in [2.24, 2.45) is 0 Å². The summed E-state index contributed by atoms with van der Waals surface area (Å²) in [7, 11) is 4.49. The molecule has 0 heterocycles. The molecule has 2 N–H and O–H groups in total. The molecule has 1 aromatic carbocycles. The van der Waals surface area contributed by atoms with Crippen molar-refractivity contribution >= 4 is 23.2 Å². The number of ether oxygens (including phenoxy) is 3. The maximum absolute atomic E-state index is 11.8. The van der Waals surface area contributed by atoms with E-state index in [0.29, 0.717) is 35.4 Å². The van der Waals surface area contributed by atoms with Gasteiger partial charge in [0.05, 0.1) is 31.5 Å². The lowest BCUT2D eigenvalue weighted by atomic mass is 10.2. The number of carbonyl (C=O) groups excluding carboxylic acids is 1. The zero-order valence-electron chi connectivity index (χ0n) is 13.1. The second-order valence-electron chi connectivity index (χ2n) is 4.25. The molecule has 0 fully saturated rings. The Labute approximate surface area is 139 Å². The van der Waals surface area contributed by atoms with Gasteiger partial charge in [-0.1, -0.05) is 11.6 Å². The van der Waals surface area contributed by atoms with Crippen LogP contribution in [0.15, 0.2) is 23.9 Å². The number of amides is 1. The first-order valence-electron chi connectivity index (χ1n) is 6.62. The number of halogens is 1. The smallest absolute Gasteiger partial charge is 0.263 e. The number of hydrogen-bond acceptors (Lipinski definition) is 6. The van der Waals surface area contributed by atoms with Gasteiger partial charge in [0.2, 0.25) is 0 Å². The zero-order chi connectivity index (χ0) is 17.2. The molecule has 0 aliphatic carbocycles. The Morgan fingerprint density at radius 2 is 2.00 bits per heavy atom. The van der Waals surface area contributed by atoms with Gasteiger partial charge in [0.1, 0.15) is 23.1 Å². The third-order valence-corrected chi connectivity index (χ3v) is 3.10. The molecule has 1 rings (SSSR count). The Hall–Kier alpha value is -2.43. The molecule has 0 saturated heterocycles. The van der Waals surface area contributed by atoms with Crippen LogP contribution in [-0.4, -0.2) is 40.4 Å². The minimum Gasteiger partial charge on any atom is -0.495 e. The Kier molecular flexibility index (Phi) is 7.74. The standard InChI is InChI=1S/C15H18ClN3O4/c1-21-5-4-18-15(20)10(8-17)9-19-12-7-13(22-2)11(16)6-14(12)23-3/h6-7,9,19H,4-5H2,1-3H3,(H,18,20)/b10-9-. The highest BCUT2D eigenvalue weighted by Gasteiger charge is 2.11. The zero-order valence-corrected chi connectivity index (χ0v) is 13.9. The van der Waals surface area contributed by atoms with Gasteiger partial charge in [-0.05, 0) is 0 Å². The van der Waals surface area contributed by atoms with Crippen LogP contribution in [-0.2, 0) is 9.53 Å². The van der Waals surface area contributed by atoms with E-state index in [1.165, 1.54) is 27.5 Å². The molecule has 0 bridgehead atoms. The molecule has 0 aliphatic heterocycles. The van der Waals surface area contributed by atoms with Crippen molar-refractivity contribution in [2.45, 2.75) is 0 Å². The summed E-state index contributed by atoms with van der Waals surface area (Å²) in [5.41, 5.74) is 0.420. The molecule has 0 saturated carbocycles. The van der Waals surface area contributed by atoms with E-state index in [4.69, 9.17) is 31.1 Å². The molecular formula is C15H18ClN3O4. The highest BCUT2D eigenvalue weighted by atomic mass is 35.5. The fourth-order valence-corrected chi connectivity index (χ4v) is 1.86. The average molecular weight is 340 g/mol. The molecule has 0 unspecified atom stereocenters. The molecule has 7 nitrogen and oxygen atoms in total. The molecule has 8 heteroatoms. The summed E-state index contributed by atoms with van der Waals surface area (Å²) in [6, 6.07) is 5.00. The van der Waals surface area contributed by atoms with E-state index in [9.17, 15) is 4.79 Å². The molecule has 0 aliphatic rings. The number of nitrogens with one attached hydrogen (secondary N) is 2. The predicted octanol–water partition coefficient (Wildman–Crippen LogP) is 1.94. The predicted molar refractivity (Wildman–Crippen MR) is 86.8 cm³/mol. The van der Waals surface area contributed by atoms with Crippen LogP contribution >= 0.6 is 11.6 Å². The third kappa shape index (κ3) is 5.36. The molecule has 1 amide bonds. The molecule has 23 heavy (non-hydrogen) atoms. The van der Waals surface area contributed by atoms with Crippen molar-refractivity contribution in [3.8, 4) is 17.6 Å². The van der Waals surface area contributed by atoms with Crippen LogP contribution < -0.4 is 20.1 Å². The van der Waals surface area contributed by atoms with Gasteiger partial charge >= 0.3 is 0 Å². The molecule has 1 aromatic rings. The molecular weight excluding hydrogens is 322 g/mol. The van der Waals surface area contributed by atoms with Crippen molar-refractivity contribution in [1.82, 2.24) is 5.32 Å². The van der Waals surface area contributed by atoms with Gasteiger partial charge in [-0.15, -0.1) is 0 Å². The fourth-order valence-electron chi connectivity index (χ4n) is 1.63. The number of carbonyl (C=O) groups is 1. The van der Waals surface area contributed by atoms with Gasteiger partial charge in [0.25, 0.3) is 5.91 Å². The summed E-state index contributed by atoms with van der Waals surface area (Å²) in [5, 5.41) is 14.9. The van der Waals surface area contributed by atoms with Crippen LogP contribution in [0.5, 0.6) is 11.5 Å². The van der Waals surface area contributed by atoms with Gasteiger partial charge < -0.3 is 24.8 Å².